The number of anilines is 2. The number of aryl methyl sites for hydroxylation is 2. The van der Waals surface area contributed by atoms with E-state index in [1.165, 1.54) is 19.2 Å². The molecule has 166 valence electrons. The first kappa shape index (κ1) is 23.0. The van der Waals surface area contributed by atoms with Crippen LogP contribution in [-0.2, 0) is 26.0 Å². The molecule has 0 spiro atoms. The summed E-state index contributed by atoms with van der Waals surface area (Å²) in [5.74, 6) is -0.795. The first-order valence-electron chi connectivity index (χ1n) is 9.94. The molecule has 0 radical (unpaired) electrons. The number of carbonyl (C=O) groups excluding carboxylic acids is 2. The minimum Gasteiger partial charge on any atom is -0.465 e. The van der Waals surface area contributed by atoms with Gasteiger partial charge in [-0.15, -0.1) is 0 Å². The second kappa shape index (κ2) is 10.1. The third kappa shape index (κ3) is 5.95. The van der Waals surface area contributed by atoms with E-state index < -0.39 is 16.0 Å². The lowest BCUT2D eigenvalue weighted by Gasteiger charge is -2.10. The zero-order valence-corrected chi connectivity index (χ0v) is 18.6. The number of nitrogens with one attached hydrogen (secondary N) is 2. The lowest BCUT2D eigenvalue weighted by Crippen LogP contribution is -2.16. The normalized spacial score (nSPS) is 10.9. The highest BCUT2D eigenvalue weighted by Gasteiger charge is 2.15. The molecule has 0 aliphatic rings. The van der Waals surface area contributed by atoms with Gasteiger partial charge in [0, 0.05) is 12.1 Å². The van der Waals surface area contributed by atoms with Crippen molar-refractivity contribution in [3.8, 4) is 0 Å². The number of sulfonamides is 1. The Kier molecular flexibility index (Phi) is 7.27. The van der Waals surface area contributed by atoms with Crippen molar-refractivity contribution in [3.05, 3.63) is 89.5 Å². The van der Waals surface area contributed by atoms with E-state index in [2.05, 4.69) is 10.0 Å². The van der Waals surface area contributed by atoms with E-state index in [0.29, 0.717) is 17.8 Å². The molecular formula is C24H24N2O5S. The number of para-hydroxylation sites is 1. The molecule has 1 amide bonds. The van der Waals surface area contributed by atoms with Gasteiger partial charge in [0.05, 0.1) is 23.3 Å². The van der Waals surface area contributed by atoms with E-state index in [4.69, 9.17) is 4.74 Å². The second-order valence-electron chi connectivity index (χ2n) is 7.20. The number of hydrogen-bond acceptors (Lipinski definition) is 5. The summed E-state index contributed by atoms with van der Waals surface area (Å²) in [5, 5.41) is 2.72. The van der Waals surface area contributed by atoms with Gasteiger partial charge in [-0.05, 0) is 55.3 Å². The van der Waals surface area contributed by atoms with Gasteiger partial charge in [0.1, 0.15) is 0 Å². The lowest BCUT2D eigenvalue weighted by atomic mass is 10.1. The molecule has 0 fully saturated rings. The van der Waals surface area contributed by atoms with Crippen LogP contribution in [0.5, 0.6) is 0 Å². The van der Waals surface area contributed by atoms with Crippen molar-refractivity contribution in [2.45, 2.75) is 24.7 Å². The molecule has 0 aliphatic heterocycles. The van der Waals surface area contributed by atoms with Gasteiger partial charge in [-0.25, -0.2) is 13.2 Å². The molecular weight excluding hydrogens is 428 g/mol. The van der Waals surface area contributed by atoms with Crippen molar-refractivity contribution in [2.24, 2.45) is 0 Å². The fourth-order valence-electron chi connectivity index (χ4n) is 3.02. The van der Waals surface area contributed by atoms with Crippen LogP contribution in [0.4, 0.5) is 11.4 Å². The molecule has 0 saturated carbocycles. The van der Waals surface area contributed by atoms with Gasteiger partial charge >= 0.3 is 5.97 Å². The maximum Gasteiger partial charge on any atom is 0.339 e. The van der Waals surface area contributed by atoms with E-state index in [9.17, 15) is 18.0 Å². The van der Waals surface area contributed by atoms with Crippen LogP contribution < -0.4 is 10.0 Å². The predicted octanol–water partition coefficient (Wildman–Crippen LogP) is 4.15. The number of carbonyl (C=O) groups is 2. The van der Waals surface area contributed by atoms with Gasteiger partial charge < -0.3 is 10.1 Å². The molecule has 8 heteroatoms. The van der Waals surface area contributed by atoms with Crippen molar-refractivity contribution in [2.75, 3.05) is 17.1 Å². The number of methoxy groups -OCH3 is 1. The van der Waals surface area contributed by atoms with Crippen LogP contribution in [-0.4, -0.2) is 27.4 Å². The van der Waals surface area contributed by atoms with Crippen LogP contribution in [0.2, 0.25) is 0 Å². The molecule has 2 N–H and O–H groups in total. The van der Waals surface area contributed by atoms with E-state index in [1.807, 2.05) is 19.1 Å². The van der Waals surface area contributed by atoms with Gasteiger partial charge in [0.15, 0.2) is 0 Å². The number of amides is 1. The monoisotopic (exact) mass is 452 g/mol. The molecule has 0 aliphatic carbocycles. The summed E-state index contributed by atoms with van der Waals surface area (Å²) in [6, 6.07) is 20.1. The largest absolute Gasteiger partial charge is 0.465 e. The molecule has 0 unspecified atom stereocenters. The Morgan fingerprint density at radius 3 is 2.22 bits per heavy atom. The van der Waals surface area contributed by atoms with Crippen LogP contribution in [0.25, 0.3) is 0 Å². The van der Waals surface area contributed by atoms with Crippen LogP contribution in [0.1, 0.15) is 27.9 Å². The van der Waals surface area contributed by atoms with Gasteiger partial charge in [-0.3, -0.25) is 9.52 Å². The van der Waals surface area contributed by atoms with E-state index >= 15 is 0 Å². The van der Waals surface area contributed by atoms with Crippen molar-refractivity contribution in [1.29, 1.82) is 0 Å². The summed E-state index contributed by atoms with van der Waals surface area (Å²) in [6.07, 6.45) is 0.584. The molecule has 32 heavy (non-hydrogen) atoms. The molecule has 0 saturated heterocycles. The molecule has 3 aromatic carbocycles. The molecule has 3 aromatic rings. The Hall–Kier alpha value is -3.65. The predicted molar refractivity (Wildman–Crippen MR) is 123 cm³/mol. The molecule has 0 bridgehead atoms. The Labute approximate surface area is 187 Å². The zero-order valence-electron chi connectivity index (χ0n) is 17.8. The Bertz CT molecular complexity index is 1200. The fraction of sp³-hybridized carbons (Fsp3) is 0.167. The van der Waals surface area contributed by atoms with Crippen LogP contribution in [0.3, 0.4) is 0 Å². The van der Waals surface area contributed by atoms with E-state index in [0.717, 1.165) is 11.1 Å². The van der Waals surface area contributed by atoms with Gasteiger partial charge in [0.25, 0.3) is 10.0 Å². The highest BCUT2D eigenvalue weighted by molar-refractivity contribution is 7.92. The average molecular weight is 453 g/mol. The smallest absolute Gasteiger partial charge is 0.339 e. The third-order valence-electron chi connectivity index (χ3n) is 4.78. The molecule has 0 aromatic heterocycles. The summed E-state index contributed by atoms with van der Waals surface area (Å²) in [7, 11) is -2.42. The summed E-state index contributed by atoms with van der Waals surface area (Å²) >= 11 is 0. The number of rotatable bonds is 8. The quantitative estimate of drug-likeness (QED) is 0.500. The first-order chi connectivity index (χ1) is 15.3. The van der Waals surface area contributed by atoms with Gasteiger partial charge in [-0.2, -0.15) is 0 Å². The topological polar surface area (TPSA) is 102 Å². The number of benzene rings is 3. The van der Waals surface area contributed by atoms with Gasteiger partial charge in [-0.1, -0.05) is 42.0 Å². The molecule has 0 heterocycles. The van der Waals surface area contributed by atoms with Crippen molar-refractivity contribution in [3.63, 3.8) is 0 Å². The fourth-order valence-corrected chi connectivity index (χ4v) is 4.08. The SMILES string of the molecule is COC(=O)c1ccccc1NC(=O)CCc1ccc(S(=O)(=O)Nc2ccc(C)cc2)cc1. The summed E-state index contributed by atoms with van der Waals surface area (Å²) in [6.45, 7) is 1.93. The maximum absolute atomic E-state index is 12.6. The molecule has 3 rings (SSSR count). The minimum atomic E-state index is -3.70. The van der Waals surface area contributed by atoms with Crippen molar-refractivity contribution < 1.29 is 22.7 Å². The van der Waals surface area contributed by atoms with Gasteiger partial charge in [0.2, 0.25) is 5.91 Å². The van der Waals surface area contributed by atoms with Crippen LogP contribution >= 0.6 is 0 Å². The highest BCUT2D eigenvalue weighted by atomic mass is 32.2. The second-order valence-corrected chi connectivity index (χ2v) is 8.88. The van der Waals surface area contributed by atoms with E-state index in [1.54, 1.807) is 48.5 Å². The summed E-state index contributed by atoms with van der Waals surface area (Å²) < 4.78 is 32.4. The van der Waals surface area contributed by atoms with E-state index in [-0.39, 0.29) is 22.8 Å². The first-order valence-corrected chi connectivity index (χ1v) is 11.4. The zero-order chi connectivity index (χ0) is 23.1. The molecule has 7 nitrogen and oxygen atoms in total. The number of esters is 1. The van der Waals surface area contributed by atoms with Crippen LogP contribution in [0, 0.1) is 6.92 Å². The Morgan fingerprint density at radius 1 is 0.906 bits per heavy atom. The third-order valence-corrected chi connectivity index (χ3v) is 6.18. The highest BCUT2D eigenvalue weighted by Crippen LogP contribution is 2.19. The van der Waals surface area contributed by atoms with Crippen LogP contribution in [0.15, 0.2) is 77.7 Å². The standard InChI is InChI=1S/C24H24N2O5S/c1-17-7-12-19(13-8-17)26-32(29,30)20-14-9-18(10-15-20)11-16-23(27)25-22-6-4-3-5-21(22)24(28)31-2/h3-10,12-15,26H,11,16H2,1-2H3,(H,25,27). The summed E-state index contributed by atoms with van der Waals surface area (Å²) in [4.78, 5) is 24.3. The maximum atomic E-state index is 12.6. The van der Waals surface area contributed by atoms with Crippen molar-refractivity contribution >= 4 is 33.3 Å². The van der Waals surface area contributed by atoms with Crippen molar-refractivity contribution in [1.82, 2.24) is 0 Å². The minimum absolute atomic E-state index is 0.137. The summed E-state index contributed by atoms with van der Waals surface area (Å²) in [5.41, 5.74) is 3.00. The lowest BCUT2D eigenvalue weighted by molar-refractivity contribution is -0.116. The molecule has 0 atom stereocenters. The Morgan fingerprint density at radius 2 is 1.56 bits per heavy atom. The average Bonchev–Trinajstić information content (AvgIpc) is 2.79. The number of hydrogen-bond donors (Lipinski definition) is 2. The number of ether oxygens (including phenoxy) is 1. The Balaban J connectivity index is 1.60.